The maximum absolute atomic E-state index is 11.5. The molecule has 0 aliphatic carbocycles. The molecule has 2 aromatic heterocycles. The summed E-state index contributed by atoms with van der Waals surface area (Å²) in [6.07, 6.45) is 4.64. The van der Waals surface area contributed by atoms with Crippen LogP contribution in [0.5, 0.6) is 0 Å². The minimum atomic E-state index is -0.299. The van der Waals surface area contributed by atoms with Crippen molar-refractivity contribution in [1.82, 2.24) is 19.9 Å². The van der Waals surface area contributed by atoms with E-state index in [2.05, 4.69) is 20.4 Å². The van der Waals surface area contributed by atoms with Gasteiger partial charge in [-0.05, 0) is 12.1 Å². The molecule has 8 nitrogen and oxygen atoms in total. The first kappa shape index (κ1) is 12.6. The van der Waals surface area contributed by atoms with Gasteiger partial charge in [0.1, 0.15) is 5.69 Å². The molecule has 8 heteroatoms. The predicted octanol–water partition coefficient (Wildman–Crippen LogP) is -0.279. The number of nitrogens with two attached hydrogens (primary N) is 1. The molecule has 0 fully saturated rings. The molecule has 4 N–H and O–H groups in total. The topological polar surface area (TPSA) is 118 Å². The number of pyridine rings is 1. The van der Waals surface area contributed by atoms with E-state index in [1.165, 1.54) is 19.4 Å². The van der Waals surface area contributed by atoms with Crippen molar-refractivity contribution in [1.29, 1.82) is 0 Å². The Morgan fingerprint density at radius 3 is 2.95 bits per heavy atom. The highest BCUT2D eigenvalue weighted by Crippen LogP contribution is 2.11. The molecule has 0 unspecified atom stereocenters. The second-order valence-corrected chi connectivity index (χ2v) is 3.58. The summed E-state index contributed by atoms with van der Waals surface area (Å²) < 4.78 is 1.59. The number of nitrogens with one attached hydrogen (secondary N) is 1. The Bertz CT molecular complexity index is 634. The van der Waals surface area contributed by atoms with Crippen LogP contribution >= 0.6 is 0 Å². The standard InChI is InChI=1S/C11H12N6O2/c1-13-11(18)8-6-7(2-3-14-8)17-5-4-15-10(17)9(12)16-19/h2-6,19H,1H3,(H2,12,16)(H,13,18). The zero-order valence-electron chi connectivity index (χ0n) is 10.1. The second kappa shape index (κ2) is 5.17. The average Bonchev–Trinajstić information content (AvgIpc) is 2.95. The molecule has 0 aromatic carbocycles. The Balaban J connectivity index is 2.48. The lowest BCUT2D eigenvalue weighted by Crippen LogP contribution is -2.21. The van der Waals surface area contributed by atoms with Gasteiger partial charge in [0.05, 0.1) is 5.69 Å². The zero-order valence-corrected chi connectivity index (χ0v) is 10.1. The summed E-state index contributed by atoms with van der Waals surface area (Å²) in [6.45, 7) is 0. The fraction of sp³-hybridized carbons (Fsp3) is 0.0909. The SMILES string of the molecule is CNC(=O)c1cc(-n2ccnc2C(N)=NO)ccn1. The molecule has 0 spiro atoms. The van der Waals surface area contributed by atoms with Crippen LogP contribution in [0, 0.1) is 0 Å². The largest absolute Gasteiger partial charge is 0.409 e. The minimum Gasteiger partial charge on any atom is -0.409 e. The molecule has 2 heterocycles. The number of hydrogen-bond donors (Lipinski definition) is 3. The van der Waals surface area contributed by atoms with Crippen molar-refractivity contribution in [2.24, 2.45) is 10.9 Å². The van der Waals surface area contributed by atoms with E-state index in [9.17, 15) is 4.79 Å². The van der Waals surface area contributed by atoms with Gasteiger partial charge in [-0.1, -0.05) is 5.16 Å². The molecule has 2 rings (SSSR count). The lowest BCUT2D eigenvalue weighted by atomic mass is 10.3. The number of carbonyl (C=O) groups is 1. The van der Waals surface area contributed by atoms with E-state index >= 15 is 0 Å². The van der Waals surface area contributed by atoms with Gasteiger partial charge >= 0.3 is 0 Å². The number of rotatable bonds is 3. The summed E-state index contributed by atoms with van der Waals surface area (Å²) in [5.74, 6) is -0.146. The van der Waals surface area contributed by atoms with Crippen molar-refractivity contribution in [3.8, 4) is 5.69 Å². The van der Waals surface area contributed by atoms with Gasteiger partial charge in [0.15, 0.2) is 5.82 Å². The summed E-state index contributed by atoms with van der Waals surface area (Å²) in [6, 6.07) is 3.26. The van der Waals surface area contributed by atoms with E-state index in [-0.39, 0.29) is 23.3 Å². The monoisotopic (exact) mass is 260 g/mol. The van der Waals surface area contributed by atoms with Crippen LogP contribution in [0.1, 0.15) is 16.3 Å². The van der Waals surface area contributed by atoms with Gasteiger partial charge < -0.3 is 16.3 Å². The molecule has 1 amide bonds. The van der Waals surface area contributed by atoms with Crippen LogP contribution in [0.25, 0.3) is 5.69 Å². The molecule has 2 aromatic rings. The highest BCUT2D eigenvalue weighted by atomic mass is 16.4. The van der Waals surface area contributed by atoms with Crippen molar-refractivity contribution in [3.05, 3.63) is 42.2 Å². The van der Waals surface area contributed by atoms with Gasteiger partial charge in [0.25, 0.3) is 5.91 Å². The summed E-state index contributed by atoms with van der Waals surface area (Å²) in [5.41, 5.74) is 6.42. The molecule has 0 radical (unpaired) electrons. The predicted molar refractivity (Wildman–Crippen MR) is 67.3 cm³/mol. The van der Waals surface area contributed by atoms with Crippen LogP contribution in [0.15, 0.2) is 35.9 Å². The summed E-state index contributed by atoms with van der Waals surface area (Å²) >= 11 is 0. The first-order valence-corrected chi connectivity index (χ1v) is 5.37. The number of nitrogens with zero attached hydrogens (tertiary/aromatic N) is 4. The second-order valence-electron chi connectivity index (χ2n) is 3.58. The maximum atomic E-state index is 11.5. The Kier molecular flexibility index (Phi) is 3.42. The lowest BCUT2D eigenvalue weighted by molar-refractivity contribution is 0.0958. The molecule has 0 aliphatic heterocycles. The van der Waals surface area contributed by atoms with E-state index < -0.39 is 0 Å². The smallest absolute Gasteiger partial charge is 0.269 e. The van der Waals surface area contributed by atoms with Crippen LogP contribution in [0.2, 0.25) is 0 Å². The van der Waals surface area contributed by atoms with E-state index in [1.54, 1.807) is 22.9 Å². The van der Waals surface area contributed by atoms with Gasteiger partial charge in [-0.3, -0.25) is 14.3 Å². The Labute approximate surface area is 108 Å². The number of amidine groups is 1. The van der Waals surface area contributed by atoms with E-state index in [0.29, 0.717) is 5.69 Å². The van der Waals surface area contributed by atoms with Crippen LogP contribution in [-0.2, 0) is 0 Å². The summed E-state index contributed by atoms with van der Waals surface area (Å²) in [4.78, 5) is 19.5. The third-order valence-electron chi connectivity index (χ3n) is 2.46. The van der Waals surface area contributed by atoms with Crippen molar-refractivity contribution >= 4 is 11.7 Å². The van der Waals surface area contributed by atoms with Gasteiger partial charge in [-0.2, -0.15) is 0 Å². The molecule has 98 valence electrons. The first-order chi connectivity index (χ1) is 9.17. The first-order valence-electron chi connectivity index (χ1n) is 5.37. The van der Waals surface area contributed by atoms with Gasteiger partial charge in [-0.25, -0.2) is 4.98 Å². The Morgan fingerprint density at radius 1 is 1.47 bits per heavy atom. The number of hydrogen-bond acceptors (Lipinski definition) is 5. The van der Waals surface area contributed by atoms with Crippen molar-refractivity contribution in [2.45, 2.75) is 0 Å². The highest BCUT2D eigenvalue weighted by molar-refractivity contribution is 5.95. The Morgan fingerprint density at radius 2 is 2.26 bits per heavy atom. The zero-order chi connectivity index (χ0) is 13.8. The van der Waals surface area contributed by atoms with Gasteiger partial charge in [-0.15, -0.1) is 0 Å². The van der Waals surface area contributed by atoms with Crippen molar-refractivity contribution in [3.63, 3.8) is 0 Å². The number of imidazole rings is 1. The number of aromatic nitrogens is 3. The average molecular weight is 260 g/mol. The van der Waals surface area contributed by atoms with Crippen LogP contribution in [0.4, 0.5) is 0 Å². The van der Waals surface area contributed by atoms with E-state index in [4.69, 9.17) is 10.9 Å². The quantitative estimate of drug-likeness (QED) is 0.303. The minimum absolute atomic E-state index is 0.122. The molecule has 0 aliphatic rings. The number of carbonyl (C=O) groups excluding carboxylic acids is 1. The fourth-order valence-corrected chi connectivity index (χ4v) is 1.57. The molecule has 0 atom stereocenters. The summed E-state index contributed by atoms with van der Waals surface area (Å²) in [5, 5.41) is 14.1. The summed E-state index contributed by atoms with van der Waals surface area (Å²) in [7, 11) is 1.52. The van der Waals surface area contributed by atoms with Crippen molar-refractivity contribution < 1.29 is 10.0 Å². The van der Waals surface area contributed by atoms with Crippen molar-refractivity contribution in [2.75, 3.05) is 7.05 Å². The maximum Gasteiger partial charge on any atom is 0.269 e. The van der Waals surface area contributed by atoms with Crippen LogP contribution in [0.3, 0.4) is 0 Å². The highest BCUT2D eigenvalue weighted by Gasteiger charge is 2.11. The van der Waals surface area contributed by atoms with E-state index in [0.717, 1.165) is 0 Å². The number of amides is 1. The molecule has 19 heavy (non-hydrogen) atoms. The normalized spacial score (nSPS) is 11.3. The Hall–Kier alpha value is -2.90. The van der Waals surface area contributed by atoms with E-state index in [1.807, 2.05) is 0 Å². The van der Waals surface area contributed by atoms with Crippen LogP contribution < -0.4 is 11.1 Å². The number of oxime groups is 1. The molecule has 0 bridgehead atoms. The molecule has 0 saturated heterocycles. The van der Waals surface area contributed by atoms with Gasteiger partial charge in [0.2, 0.25) is 5.84 Å². The fourth-order valence-electron chi connectivity index (χ4n) is 1.57. The molecule has 0 saturated carbocycles. The third kappa shape index (κ3) is 2.37. The lowest BCUT2D eigenvalue weighted by Gasteiger charge is -2.07. The molecular weight excluding hydrogens is 248 g/mol. The van der Waals surface area contributed by atoms with Gasteiger partial charge in [0, 0.05) is 25.6 Å². The third-order valence-corrected chi connectivity index (χ3v) is 2.46. The van der Waals surface area contributed by atoms with Crippen LogP contribution in [-0.4, -0.2) is 38.5 Å². The molecular formula is C11H12N6O2.